The van der Waals surface area contributed by atoms with Crippen LogP contribution in [0.15, 0.2) is 60.7 Å². The van der Waals surface area contributed by atoms with Crippen molar-refractivity contribution in [2.45, 2.75) is 19.8 Å². The molecule has 2 aromatic carbocycles. The number of hydrogen-bond donors (Lipinski definition) is 0. The van der Waals surface area contributed by atoms with Crippen molar-refractivity contribution in [3.63, 3.8) is 0 Å². The second kappa shape index (κ2) is 9.65. The SMILES string of the molecule is CCCCO[PH](=O)OP(=O)(Oc1ccccc1)Oc1ccccc1. The van der Waals surface area contributed by atoms with Gasteiger partial charge in [-0.25, -0.2) is 4.57 Å². The summed E-state index contributed by atoms with van der Waals surface area (Å²) in [6.45, 7) is 2.23. The predicted molar refractivity (Wildman–Crippen MR) is 92.7 cm³/mol. The maximum Gasteiger partial charge on any atom is 0.594 e. The highest BCUT2D eigenvalue weighted by Crippen LogP contribution is 2.56. The van der Waals surface area contributed by atoms with Crippen molar-refractivity contribution >= 4 is 16.1 Å². The molecule has 0 bridgehead atoms. The van der Waals surface area contributed by atoms with E-state index in [1.54, 1.807) is 60.7 Å². The van der Waals surface area contributed by atoms with Gasteiger partial charge in [0.05, 0.1) is 6.61 Å². The van der Waals surface area contributed by atoms with Crippen LogP contribution in [0.1, 0.15) is 19.8 Å². The van der Waals surface area contributed by atoms with E-state index in [2.05, 4.69) is 0 Å². The van der Waals surface area contributed by atoms with E-state index >= 15 is 0 Å². The minimum absolute atomic E-state index is 0.255. The molecule has 1 unspecified atom stereocenters. The van der Waals surface area contributed by atoms with Crippen LogP contribution >= 0.6 is 16.1 Å². The largest absolute Gasteiger partial charge is 0.594 e. The summed E-state index contributed by atoms with van der Waals surface area (Å²) in [5, 5.41) is 0. The number of hydrogen-bond acceptors (Lipinski definition) is 6. The third-order valence-electron chi connectivity index (χ3n) is 2.82. The van der Waals surface area contributed by atoms with E-state index in [4.69, 9.17) is 17.9 Å². The molecule has 1 atom stereocenters. The van der Waals surface area contributed by atoms with Crippen molar-refractivity contribution in [3.05, 3.63) is 60.7 Å². The molecule has 2 rings (SSSR count). The molecular weight excluding hydrogens is 350 g/mol. The second-order valence-electron chi connectivity index (χ2n) is 4.80. The van der Waals surface area contributed by atoms with E-state index < -0.39 is 16.1 Å². The molecule has 0 saturated carbocycles. The van der Waals surface area contributed by atoms with Crippen molar-refractivity contribution in [3.8, 4) is 11.5 Å². The molecule has 0 aliphatic rings. The predicted octanol–water partition coefficient (Wildman–Crippen LogP) is 5.48. The third kappa shape index (κ3) is 6.50. The molecule has 0 radical (unpaired) electrons. The molecule has 6 nitrogen and oxygen atoms in total. The first-order valence-electron chi connectivity index (χ1n) is 7.57. The molecule has 0 fully saturated rings. The Morgan fingerprint density at radius 1 is 0.917 bits per heavy atom. The molecule has 0 amide bonds. The van der Waals surface area contributed by atoms with Gasteiger partial charge in [-0.15, -0.1) is 0 Å². The van der Waals surface area contributed by atoms with Gasteiger partial charge in [0.15, 0.2) is 0 Å². The molecular formula is C16H20O6P2. The average Bonchev–Trinajstić information content (AvgIpc) is 2.56. The lowest BCUT2D eigenvalue weighted by atomic mass is 10.3. The maximum absolute atomic E-state index is 12.9. The second-order valence-corrected chi connectivity index (χ2v) is 7.58. The van der Waals surface area contributed by atoms with Gasteiger partial charge in [0, 0.05) is 0 Å². The lowest BCUT2D eigenvalue weighted by Gasteiger charge is -2.18. The Hall–Kier alpha value is -1.58. The van der Waals surface area contributed by atoms with Crippen molar-refractivity contribution in [1.29, 1.82) is 0 Å². The van der Waals surface area contributed by atoms with Crippen molar-refractivity contribution in [2.24, 2.45) is 0 Å². The monoisotopic (exact) mass is 370 g/mol. The van der Waals surface area contributed by atoms with Crippen molar-refractivity contribution in [2.75, 3.05) is 6.61 Å². The average molecular weight is 370 g/mol. The summed E-state index contributed by atoms with van der Waals surface area (Å²) in [6.07, 6.45) is 1.61. The summed E-state index contributed by atoms with van der Waals surface area (Å²) in [7, 11) is -7.18. The quantitative estimate of drug-likeness (QED) is 0.408. The summed E-state index contributed by atoms with van der Waals surface area (Å²) in [5.41, 5.74) is 0. The van der Waals surface area contributed by atoms with Gasteiger partial charge < -0.3 is 13.6 Å². The Balaban J connectivity index is 2.11. The third-order valence-corrected chi connectivity index (χ3v) is 5.62. The van der Waals surface area contributed by atoms with Gasteiger partial charge in [-0.3, -0.25) is 4.57 Å². The van der Waals surface area contributed by atoms with Crippen LogP contribution in [-0.2, 0) is 18.0 Å². The molecule has 2 aromatic rings. The van der Waals surface area contributed by atoms with Crippen LogP contribution in [-0.4, -0.2) is 6.61 Å². The normalized spacial score (nSPS) is 12.5. The van der Waals surface area contributed by atoms with Crippen LogP contribution in [0.5, 0.6) is 11.5 Å². The molecule has 0 saturated heterocycles. The van der Waals surface area contributed by atoms with Gasteiger partial charge in [-0.2, -0.15) is 4.31 Å². The van der Waals surface area contributed by atoms with Gasteiger partial charge >= 0.3 is 16.1 Å². The molecule has 0 N–H and O–H groups in total. The Morgan fingerprint density at radius 2 is 1.42 bits per heavy atom. The highest BCUT2D eigenvalue weighted by Gasteiger charge is 2.34. The Labute approximate surface area is 142 Å². The van der Waals surface area contributed by atoms with Crippen LogP contribution in [0.25, 0.3) is 0 Å². The van der Waals surface area contributed by atoms with E-state index in [1.807, 2.05) is 6.92 Å². The highest BCUT2D eigenvalue weighted by atomic mass is 31.2. The fraction of sp³-hybridized carbons (Fsp3) is 0.250. The zero-order valence-electron chi connectivity index (χ0n) is 13.3. The number of benzene rings is 2. The van der Waals surface area contributed by atoms with E-state index in [1.165, 1.54) is 0 Å². The van der Waals surface area contributed by atoms with Crippen LogP contribution in [0.3, 0.4) is 0 Å². The molecule has 0 aliphatic heterocycles. The molecule has 0 heterocycles. The number of phosphoric ester groups is 1. The van der Waals surface area contributed by atoms with E-state index in [0.717, 1.165) is 12.8 Å². The van der Waals surface area contributed by atoms with Crippen molar-refractivity contribution < 1.29 is 27.0 Å². The fourth-order valence-corrected chi connectivity index (χ4v) is 4.04. The summed E-state index contributed by atoms with van der Waals surface area (Å²) in [5.74, 6) is 0.556. The highest BCUT2D eigenvalue weighted by molar-refractivity contribution is 7.57. The van der Waals surface area contributed by atoms with Gasteiger partial charge in [0.1, 0.15) is 11.5 Å². The summed E-state index contributed by atoms with van der Waals surface area (Å²) < 4.78 is 45.5. The number of phosphoric acid groups is 1. The molecule has 8 heteroatoms. The summed E-state index contributed by atoms with van der Waals surface area (Å²) in [4.78, 5) is 0. The minimum atomic E-state index is -4.16. The first-order valence-corrected chi connectivity index (χ1v) is 10.3. The molecule has 0 aromatic heterocycles. The molecule has 0 aliphatic carbocycles. The Morgan fingerprint density at radius 3 is 1.88 bits per heavy atom. The maximum atomic E-state index is 12.9. The summed E-state index contributed by atoms with van der Waals surface area (Å²) in [6, 6.07) is 16.8. The van der Waals surface area contributed by atoms with Crippen LogP contribution in [0.2, 0.25) is 0 Å². The number of unbranched alkanes of at least 4 members (excludes halogenated alkanes) is 1. The van der Waals surface area contributed by atoms with Crippen LogP contribution in [0.4, 0.5) is 0 Å². The zero-order valence-corrected chi connectivity index (χ0v) is 15.2. The first kappa shape index (κ1) is 18.8. The van der Waals surface area contributed by atoms with E-state index in [9.17, 15) is 9.13 Å². The van der Waals surface area contributed by atoms with Gasteiger partial charge in [0.25, 0.3) is 0 Å². The zero-order chi connectivity index (χ0) is 17.3. The molecule has 130 valence electrons. The Kier molecular flexibility index (Phi) is 7.54. The Bertz CT molecular complexity index is 632. The van der Waals surface area contributed by atoms with Gasteiger partial charge in [0.2, 0.25) is 0 Å². The van der Waals surface area contributed by atoms with E-state index in [-0.39, 0.29) is 18.1 Å². The van der Waals surface area contributed by atoms with Gasteiger partial charge in [-0.05, 0) is 30.7 Å². The molecule has 24 heavy (non-hydrogen) atoms. The van der Waals surface area contributed by atoms with Crippen LogP contribution in [0, 0.1) is 0 Å². The van der Waals surface area contributed by atoms with Crippen molar-refractivity contribution in [1.82, 2.24) is 0 Å². The number of rotatable bonds is 10. The number of para-hydroxylation sites is 2. The lowest BCUT2D eigenvalue weighted by Crippen LogP contribution is -2.02. The summed E-state index contributed by atoms with van der Waals surface area (Å²) >= 11 is 0. The van der Waals surface area contributed by atoms with E-state index in [0.29, 0.717) is 0 Å². The smallest absolute Gasteiger partial charge is 0.395 e. The fourth-order valence-electron chi connectivity index (χ4n) is 1.69. The standard InChI is InChI=1S/C16H20O6P2/c1-2-3-14-19-23(17)22-24(18,20-15-10-6-4-7-11-15)21-16-12-8-5-9-13-16/h4-13,23H,2-3,14H2,1H3. The minimum Gasteiger partial charge on any atom is -0.395 e. The lowest BCUT2D eigenvalue weighted by molar-refractivity contribution is 0.246. The molecule has 0 spiro atoms. The van der Waals surface area contributed by atoms with Crippen LogP contribution < -0.4 is 9.05 Å². The van der Waals surface area contributed by atoms with Gasteiger partial charge in [-0.1, -0.05) is 49.7 Å². The first-order chi connectivity index (χ1) is 11.6. The topological polar surface area (TPSA) is 71.1 Å².